The highest BCUT2D eigenvalue weighted by atomic mass is 14.3. The van der Waals surface area contributed by atoms with Gasteiger partial charge in [-0.05, 0) is 86.9 Å². The van der Waals surface area contributed by atoms with Gasteiger partial charge in [0.15, 0.2) is 0 Å². The third-order valence-corrected chi connectivity index (χ3v) is 9.76. The van der Waals surface area contributed by atoms with Crippen molar-refractivity contribution >= 4 is 0 Å². The fourth-order valence-electron chi connectivity index (χ4n) is 6.67. The van der Waals surface area contributed by atoms with Crippen LogP contribution in [0.25, 0.3) is 0 Å². The summed E-state index contributed by atoms with van der Waals surface area (Å²) in [7, 11) is 0. The molecular weight excluding hydrogens is 516 g/mol. The lowest BCUT2D eigenvalue weighted by molar-refractivity contribution is 0.193. The van der Waals surface area contributed by atoms with Crippen LogP contribution in [0, 0.1) is 41.4 Å². The minimum Gasteiger partial charge on any atom is -0.103 e. The Kier molecular flexibility index (Phi) is 33.6. The summed E-state index contributed by atoms with van der Waals surface area (Å²) in [6.45, 7) is 26.7. The maximum absolute atomic E-state index is 3.66. The monoisotopic (exact) mass is 601 g/mol. The lowest BCUT2D eigenvalue weighted by Crippen LogP contribution is -2.20. The highest BCUT2D eigenvalue weighted by Gasteiger charge is 2.25. The largest absolute Gasteiger partial charge is 0.103 e. The zero-order chi connectivity index (χ0) is 32.7. The van der Waals surface area contributed by atoms with E-state index in [2.05, 4.69) is 86.3 Å². The molecule has 0 saturated heterocycles. The van der Waals surface area contributed by atoms with Crippen molar-refractivity contribution in [3.05, 3.63) is 37.0 Å². The van der Waals surface area contributed by atoms with Crippen LogP contribution < -0.4 is 0 Å². The molecule has 0 radical (unpaired) electrons. The second kappa shape index (κ2) is 32.6. The summed E-state index contributed by atoms with van der Waals surface area (Å²) < 4.78 is 0. The molecule has 1 aliphatic rings. The summed E-state index contributed by atoms with van der Waals surface area (Å²) in [5, 5.41) is 0. The zero-order valence-electron chi connectivity index (χ0n) is 31.8. The van der Waals surface area contributed by atoms with Gasteiger partial charge in [0, 0.05) is 0 Å². The molecule has 0 spiro atoms. The molecule has 0 aromatic rings. The number of unbranched alkanes of at least 4 members (excludes halogenated alkanes) is 2. The average Bonchev–Trinajstić information content (AvgIpc) is 2.98. The van der Waals surface area contributed by atoms with E-state index in [1.54, 1.807) is 0 Å². The molecule has 0 bridgehead atoms. The topological polar surface area (TPSA) is 0 Å². The van der Waals surface area contributed by atoms with E-state index in [1.807, 2.05) is 19.9 Å². The fourth-order valence-corrected chi connectivity index (χ4v) is 6.67. The smallest absolute Gasteiger partial charge is 0.0316 e. The van der Waals surface area contributed by atoms with E-state index >= 15 is 0 Å². The maximum atomic E-state index is 3.66. The van der Waals surface area contributed by atoms with Crippen LogP contribution in [0.1, 0.15) is 198 Å². The van der Waals surface area contributed by atoms with Crippen molar-refractivity contribution in [2.45, 2.75) is 198 Å². The summed E-state index contributed by atoms with van der Waals surface area (Å²) in [4.78, 5) is 0. The lowest BCUT2D eigenvalue weighted by atomic mass is 9.73. The van der Waals surface area contributed by atoms with Gasteiger partial charge in [0.2, 0.25) is 0 Å². The van der Waals surface area contributed by atoms with E-state index in [9.17, 15) is 0 Å². The maximum Gasteiger partial charge on any atom is -0.0316 e. The molecule has 0 N–H and O–H groups in total. The first kappa shape index (κ1) is 44.3. The van der Waals surface area contributed by atoms with E-state index in [1.165, 1.54) is 116 Å². The second-order valence-corrected chi connectivity index (χ2v) is 15.0. The molecule has 3 unspecified atom stereocenters. The van der Waals surface area contributed by atoms with Crippen molar-refractivity contribution < 1.29 is 0 Å². The first-order valence-electron chi connectivity index (χ1n) is 19.6. The van der Waals surface area contributed by atoms with Crippen molar-refractivity contribution in [2.24, 2.45) is 41.4 Å². The standard InChI is InChI=1S/C30H60.C11H18.C2H6/c1-24(2)12-8-14-26(5)16-10-18-28(7)30-22-20-29(21-23-30)19-11-17-27(6)15-9-13-25(3)4;1-3-5-7-9-11-10-8-6-4-2;1-2/h24-30H,8-23H2,1-7H3;3-4,6,9,11H,1,5,7-8,10H2,2H3;1-2H3/b;6-4+,11-9+;. The molecule has 0 nitrogen and oxygen atoms in total. The van der Waals surface area contributed by atoms with Crippen molar-refractivity contribution in [2.75, 3.05) is 0 Å². The van der Waals surface area contributed by atoms with Gasteiger partial charge in [-0.2, -0.15) is 0 Å². The molecule has 43 heavy (non-hydrogen) atoms. The molecule has 1 rings (SSSR count). The second-order valence-electron chi connectivity index (χ2n) is 15.0. The van der Waals surface area contributed by atoms with Gasteiger partial charge >= 0.3 is 0 Å². The zero-order valence-corrected chi connectivity index (χ0v) is 31.8. The molecule has 0 heterocycles. The number of allylic oxidation sites excluding steroid dienone is 5. The van der Waals surface area contributed by atoms with Crippen LogP contribution >= 0.6 is 0 Å². The van der Waals surface area contributed by atoms with Crippen LogP contribution in [0.5, 0.6) is 0 Å². The van der Waals surface area contributed by atoms with Crippen molar-refractivity contribution in [3.63, 3.8) is 0 Å². The van der Waals surface area contributed by atoms with Gasteiger partial charge in [0.05, 0.1) is 0 Å². The average molecular weight is 601 g/mol. The summed E-state index contributed by atoms with van der Waals surface area (Å²) >= 11 is 0. The van der Waals surface area contributed by atoms with Gasteiger partial charge in [0.1, 0.15) is 0 Å². The number of hydrogen-bond acceptors (Lipinski definition) is 0. The summed E-state index contributed by atoms with van der Waals surface area (Å²) in [6, 6.07) is 0. The van der Waals surface area contributed by atoms with Gasteiger partial charge in [-0.3, -0.25) is 0 Å². The highest BCUT2D eigenvalue weighted by molar-refractivity contribution is 4.87. The molecule has 0 amide bonds. The Morgan fingerprint density at radius 3 is 1.47 bits per heavy atom. The quantitative estimate of drug-likeness (QED) is 0.0808. The Bertz CT molecular complexity index is 600. The molecular formula is C43H84. The third-order valence-electron chi connectivity index (χ3n) is 9.76. The summed E-state index contributed by atoms with van der Waals surface area (Å²) in [5.74, 6) is 6.71. The normalized spacial score (nSPS) is 19.2. The van der Waals surface area contributed by atoms with Gasteiger partial charge < -0.3 is 0 Å². The van der Waals surface area contributed by atoms with E-state index in [-0.39, 0.29) is 0 Å². The Balaban J connectivity index is 0. The molecule has 0 aromatic heterocycles. The Morgan fingerprint density at radius 2 is 1.00 bits per heavy atom. The minimum atomic E-state index is 0.880. The van der Waals surface area contributed by atoms with Crippen LogP contribution in [-0.2, 0) is 0 Å². The molecule has 1 fully saturated rings. The molecule has 1 aliphatic carbocycles. The number of hydrogen-bond donors (Lipinski definition) is 0. The fraction of sp³-hybridized carbons (Fsp3) is 0.860. The molecule has 3 atom stereocenters. The molecule has 0 heteroatoms. The molecule has 0 aliphatic heterocycles. The van der Waals surface area contributed by atoms with Gasteiger partial charge in [0.25, 0.3) is 0 Å². The Labute approximate surface area is 275 Å². The van der Waals surface area contributed by atoms with Gasteiger partial charge in [-0.15, -0.1) is 6.58 Å². The van der Waals surface area contributed by atoms with E-state index in [4.69, 9.17) is 0 Å². The van der Waals surface area contributed by atoms with Crippen LogP contribution in [-0.4, -0.2) is 0 Å². The van der Waals surface area contributed by atoms with E-state index in [0.29, 0.717) is 0 Å². The highest BCUT2D eigenvalue weighted by Crippen LogP contribution is 2.38. The molecule has 0 aromatic carbocycles. The molecule has 256 valence electrons. The van der Waals surface area contributed by atoms with Crippen LogP contribution in [0.2, 0.25) is 0 Å². The predicted octanol–water partition coefficient (Wildman–Crippen LogP) is 15.6. The number of rotatable bonds is 23. The summed E-state index contributed by atoms with van der Waals surface area (Å²) in [5.41, 5.74) is 0. The molecule has 1 saturated carbocycles. The van der Waals surface area contributed by atoms with Crippen LogP contribution in [0.4, 0.5) is 0 Å². The first-order chi connectivity index (χ1) is 20.7. The van der Waals surface area contributed by atoms with Crippen molar-refractivity contribution in [1.82, 2.24) is 0 Å². The predicted molar refractivity (Wildman–Crippen MR) is 202 cm³/mol. The lowest BCUT2D eigenvalue weighted by Gasteiger charge is -2.32. The third kappa shape index (κ3) is 31.0. The minimum absolute atomic E-state index is 0.880. The van der Waals surface area contributed by atoms with Crippen LogP contribution in [0.15, 0.2) is 37.0 Å². The Morgan fingerprint density at radius 1 is 0.558 bits per heavy atom. The van der Waals surface area contributed by atoms with Gasteiger partial charge in [-0.1, -0.05) is 183 Å². The summed E-state index contributed by atoms with van der Waals surface area (Å²) in [6.07, 6.45) is 38.9. The van der Waals surface area contributed by atoms with Gasteiger partial charge in [-0.25, -0.2) is 0 Å². The first-order valence-corrected chi connectivity index (χ1v) is 19.6. The van der Waals surface area contributed by atoms with E-state index < -0.39 is 0 Å². The Hall–Kier alpha value is -0.780. The van der Waals surface area contributed by atoms with Crippen molar-refractivity contribution in [3.8, 4) is 0 Å². The van der Waals surface area contributed by atoms with Crippen molar-refractivity contribution in [1.29, 1.82) is 0 Å². The van der Waals surface area contributed by atoms with Crippen LogP contribution in [0.3, 0.4) is 0 Å². The van der Waals surface area contributed by atoms with E-state index in [0.717, 1.165) is 54.3 Å². The SMILES string of the molecule is C=CCC/C=C/CC/C=C/C.CC.CC(C)CCCC(C)CCCC1CCC(C(C)CCCC(C)CCCC(C)C)CC1.